The molecule has 222 valence electrons. The molecule has 0 spiro atoms. The van der Waals surface area contributed by atoms with Gasteiger partial charge in [0.25, 0.3) is 0 Å². The van der Waals surface area contributed by atoms with E-state index < -0.39 is 17.7 Å². The van der Waals surface area contributed by atoms with E-state index in [1.807, 2.05) is 61.6 Å². The molecule has 0 saturated carbocycles. The van der Waals surface area contributed by atoms with Crippen molar-refractivity contribution in [3.63, 3.8) is 0 Å². The lowest BCUT2D eigenvalue weighted by Gasteiger charge is -2.36. The molecular weight excluding hydrogens is 496 g/mol. The summed E-state index contributed by atoms with van der Waals surface area (Å²) < 4.78 is 5.56. The standard InChI is InChI=1S/C30H52N4O5/c1-19(2)24(18-21(5)27(36)34-17-13-15-23(34)29(38)39-30(6,7)8)33(10)28(37)25(20(3)4)31-26(35)22-14-11-12-16-32(22)9/h18-20,22-25H,11-17H2,1-10H3,(H,31,35)/b21-18+. The number of rotatable bonds is 9. The quantitative estimate of drug-likeness (QED) is 0.350. The molecular formula is C30H52N4O5. The topological polar surface area (TPSA) is 99.3 Å². The number of esters is 1. The van der Waals surface area contributed by atoms with E-state index in [9.17, 15) is 19.2 Å². The van der Waals surface area contributed by atoms with E-state index in [0.717, 1.165) is 32.2 Å². The zero-order chi connectivity index (χ0) is 29.7. The summed E-state index contributed by atoms with van der Waals surface area (Å²) in [7, 11) is 3.68. The van der Waals surface area contributed by atoms with Gasteiger partial charge < -0.3 is 19.9 Å². The summed E-state index contributed by atoms with van der Waals surface area (Å²) in [5.74, 6) is -0.967. The van der Waals surface area contributed by atoms with Crippen LogP contribution in [0.15, 0.2) is 11.6 Å². The maximum absolute atomic E-state index is 13.7. The average molecular weight is 549 g/mol. The minimum atomic E-state index is -0.668. The van der Waals surface area contributed by atoms with Gasteiger partial charge in [-0.2, -0.15) is 0 Å². The number of nitrogens with zero attached hydrogens (tertiary/aromatic N) is 3. The van der Waals surface area contributed by atoms with Crippen molar-refractivity contribution in [2.45, 2.75) is 117 Å². The van der Waals surface area contributed by atoms with Crippen LogP contribution in [-0.4, -0.2) is 95.3 Å². The Labute approximate surface area is 235 Å². The number of hydrogen-bond donors (Lipinski definition) is 1. The van der Waals surface area contributed by atoms with Gasteiger partial charge in [-0.05, 0) is 78.8 Å². The lowest BCUT2D eigenvalue weighted by molar-refractivity contribution is -0.162. The zero-order valence-electron chi connectivity index (χ0n) is 25.9. The molecule has 39 heavy (non-hydrogen) atoms. The predicted octanol–water partition coefficient (Wildman–Crippen LogP) is 3.37. The van der Waals surface area contributed by atoms with Crippen LogP contribution in [0.3, 0.4) is 0 Å². The van der Waals surface area contributed by atoms with Crippen molar-refractivity contribution in [2.24, 2.45) is 11.8 Å². The number of ether oxygens (including phenoxy) is 1. The Bertz CT molecular complexity index is 923. The SMILES string of the molecule is C/C(=C\C(C(C)C)N(C)C(=O)C(NC(=O)C1CCCCN1C)C(C)C)C(=O)N1CCCC1C(=O)OC(C)(C)C. The largest absolute Gasteiger partial charge is 0.458 e. The molecule has 2 heterocycles. The second-order valence-electron chi connectivity index (χ2n) is 12.9. The number of amides is 3. The second kappa shape index (κ2) is 13.8. The van der Waals surface area contributed by atoms with Crippen molar-refractivity contribution in [3.8, 4) is 0 Å². The molecule has 4 unspecified atom stereocenters. The van der Waals surface area contributed by atoms with E-state index in [-0.39, 0.29) is 47.6 Å². The smallest absolute Gasteiger partial charge is 0.329 e. The first-order valence-electron chi connectivity index (χ1n) is 14.5. The van der Waals surface area contributed by atoms with Crippen LogP contribution in [0.25, 0.3) is 0 Å². The summed E-state index contributed by atoms with van der Waals surface area (Å²) in [6.45, 7) is 16.4. The highest BCUT2D eigenvalue weighted by atomic mass is 16.6. The average Bonchev–Trinajstić information content (AvgIpc) is 3.33. The molecule has 2 aliphatic heterocycles. The fraction of sp³-hybridized carbons (Fsp3) is 0.800. The van der Waals surface area contributed by atoms with Crippen molar-refractivity contribution >= 4 is 23.7 Å². The van der Waals surface area contributed by atoms with E-state index in [0.29, 0.717) is 18.5 Å². The van der Waals surface area contributed by atoms with Gasteiger partial charge in [0, 0.05) is 19.2 Å². The summed E-state index contributed by atoms with van der Waals surface area (Å²) in [4.78, 5) is 58.4. The van der Waals surface area contributed by atoms with Crippen LogP contribution in [0.5, 0.6) is 0 Å². The van der Waals surface area contributed by atoms with Gasteiger partial charge in [-0.3, -0.25) is 19.3 Å². The molecule has 4 atom stereocenters. The highest BCUT2D eigenvalue weighted by Crippen LogP contribution is 2.24. The molecule has 0 bridgehead atoms. The number of likely N-dealkylation sites (tertiary alicyclic amines) is 2. The zero-order valence-corrected chi connectivity index (χ0v) is 25.9. The molecule has 0 radical (unpaired) electrons. The van der Waals surface area contributed by atoms with E-state index in [1.165, 1.54) is 0 Å². The van der Waals surface area contributed by atoms with E-state index in [4.69, 9.17) is 4.74 Å². The van der Waals surface area contributed by atoms with Crippen LogP contribution in [-0.2, 0) is 23.9 Å². The Morgan fingerprint density at radius 1 is 0.949 bits per heavy atom. The fourth-order valence-electron chi connectivity index (χ4n) is 5.47. The highest BCUT2D eigenvalue weighted by molar-refractivity contribution is 5.96. The van der Waals surface area contributed by atoms with Gasteiger partial charge in [-0.15, -0.1) is 0 Å². The summed E-state index contributed by atoms with van der Waals surface area (Å²) >= 11 is 0. The first-order chi connectivity index (χ1) is 18.0. The maximum atomic E-state index is 13.7. The Balaban J connectivity index is 2.20. The third-order valence-corrected chi connectivity index (χ3v) is 7.73. The minimum absolute atomic E-state index is 0.0231. The number of carbonyl (C=O) groups is 4. The van der Waals surface area contributed by atoms with Crippen LogP contribution < -0.4 is 5.32 Å². The van der Waals surface area contributed by atoms with Crippen molar-refractivity contribution in [2.75, 3.05) is 27.2 Å². The van der Waals surface area contributed by atoms with Crippen molar-refractivity contribution in [1.82, 2.24) is 20.0 Å². The van der Waals surface area contributed by atoms with Gasteiger partial charge in [-0.25, -0.2) is 4.79 Å². The lowest BCUT2D eigenvalue weighted by Crippen LogP contribution is -2.57. The Hall–Kier alpha value is -2.42. The molecule has 2 fully saturated rings. The molecule has 2 rings (SSSR count). The number of carbonyl (C=O) groups excluding carboxylic acids is 4. The normalized spacial score (nSPS) is 22.6. The molecule has 9 heteroatoms. The Morgan fingerprint density at radius 3 is 2.10 bits per heavy atom. The van der Waals surface area contributed by atoms with E-state index in [1.54, 1.807) is 23.8 Å². The van der Waals surface area contributed by atoms with Gasteiger partial charge in [0.2, 0.25) is 17.7 Å². The van der Waals surface area contributed by atoms with Crippen LogP contribution in [0.4, 0.5) is 0 Å². The van der Waals surface area contributed by atoms with E-state index >= 15 is 0 Å². The molecule has 2 aliphatic rings. The molecule has 0 aliphatic carbocycles. The minimum Gasteiger partial charge on any atom is -0.458 e. The van der Waals surface area contributed by atoms with Crippen molar-refractivity contribution in [1.29, 1.82) is 0 Å². The van der Waals surface area contributed by atoms with Gasteiger partial charge in [0.1, 0.15) is 17.7 Å². The third kappa shape index (κ3) is 8.78. The molecule has 1 N–H and O–H groups in total. The van der Waals surface area contributed by atoms with Crippen LogP contribution in [0, 0.1) is 11.8 Å². The summed E-state index contributed by atoms with van der Waals surface area (Å²) in [5.41, 5.74) is -0.141. The Kier molecular flexibility index (Phi) is 11.6. The summed E-state index contributed by atoms with van der Waals surface area (Å²) in [6.07, 6.45) is 6.00. The molecule has 0 aromatic heterocycles. The van der Waals surface area contributed by atoms with E-state index in [2.05, 4.69) is 10.2 Å². The number of hydrogen-bond acceptors (Lipinski definition) is 6. The van der Waals surface area contributed by atoms with Gasteiger partial charge in [-0.1, -0.05) is 40.2 Å². The molecule has 3 amide bonds. The molecule has 0 aromatic rings. The van der Waals surface area contributed by atoms with Crippen LogP contribution >= 0.6 is 0 Å². The summed E-state index contributed by atoms with van der Waals surface area (Å²) in [5, 5.41) is 3.03. The number of piperidine rings is 1. The fourth-order valence-corrected chi connectivity index (χ4v) is 5.47. The second-order valence-corrected chi connectivity index (χ2v) is 12.9. The first-order valence-corrected chi connectivity index (χ1v) is 14.5. The predicted molar refractivity (Wildman–Crippen MR) is 153 cm³/mol. The molecule has 9 nitrogen and oxygen atoms in total. The number of nitrogens with one attached hydrogen (secondary N) is 1. The molecule has 0 aromatic carbocycles. The number of likely N-dealkylation sites (N-methyl/N-ethyl adjacent to an activating group) is 2. The van der Waals surface area contributed by atoms with Gasteiger partial charge >= 0.3 is 5.97 Å². The van der Waals surface area contributed by atoms with Crippen molar-refractivity contribution < 1.29 is 23.9 Å². The third-order valence-electron chi connectivity index (χ3n) is 7.73. The van der Waals surface area contributed by atoms with Crippen LogP contribution in [0.2, 0.25) is 0 Å². The first kappa shape index (κ1) is 32.8. The van der Waals surface area contributed by atoms with Crippen LogP contribution in [0.1, 0.15) is 87.5 Å². The monoisotopic (exact) mass is 548 g/mol. The van der Waals surface area contributed by atoms with Gasteiger partial charge in [0.15, 0.2) is 0 Å². The lowest BCUT2D eigenvalue weighted by atomic mass is 9.96. The summed E-state index contributed by atoms with van der Waals surface area (Å²) in [6, 6.07) is -1.86. The maximum Gasteiger partial charge on any atom is 0.329 e. The van der Waals surface area contributed by atoms with Crippen molar-refractivity contribution in [3.05, 3.63) is 11.6 Å². The highest BCUT2D eigenvalue weighted by Gasteiger charge is 2.38. The van der Waals surface area contributed by atoms with Gasteiger partial charge in [0.05, 0.1) is 12.1 Å². The molecule has 2 saturated heterocycles. The Morgan fingerprint density at radius 2 is 1.56 bits per heavy atom.